The minimum atomic E-state index is 0.0818. The molecule has 1 aliphatic heterocycles. The Bertz CT molecular complexity index is 437. The maximum Gasteiger partial charge on any atom is 0.231 e. The summed E-state index contributed by atoms with van der Waals surface area (Å²) in [6.45, 7) is 5.05. The van der Waals surface area contributed by atoms with Crippen molar-refractivity contribution in [1.29, 1.82) is 0 Å². The zero-order valence-electron chi connectivity index (χ0n) is 11.7. The maximum absolute atomic E-state index is 5.87. The summed E-state index contributed by atoms with van der Waals surface area (Å²) in [5.74, 6) is 2.08. The number of ether oxygens (including phenoxy) is 3. The van der Waals surface area contributed by atoms with Gasteiger partial charge in [-0.25, -0.2) is 0 Å². The van der Waals surface area contributed by atoms with Crippen molar-refractivity contribution in [3.8, 4) is 17.2 Å². The van der Waals surface area contributed by atoms with E-state index in [4.69, 9.17) is 19.9 Å². The van der Waals surface area contributed by atoms with Crippen LogP contribution in [-0.4, -0.2) is 26.5 Å². The molecule has 1 aliphatic rings. The van der Waals surface area contributed by atoms with Crippen molar-refractivity contribution in [2.24, 2.45) is 5.73 Å². The third kappa shape index (κ3) is 2.93. The second-order valence-corrected chi connectivity index (χ2v) is 4.72. The van der Waals surface area contributed by atoms with Gasteiger partial charge in [0.2, 0.25) is 12.5 Å². The van der Waals surface area contributed by atoms with E-state index in [9.17, 15) is 0 Å². The van der Waals surface area contributed by atoms with Crippen LogP contribution in [0.15, 0.2) is 12.1 Å². The van der Waals surface area contributed by atoms with Gasteiger partial charge < -0.3 is 25.3 Å². The molecule has 0 amide bonds. The molecule has 0 bridgehead atoms. The molecule has 0 radical (unpaired) electrons. The van der Waals surface area contributed by atoms with Gasteiger partial charge in [-0.15, -0.1) is 0 Å². The topological polar surface area (TPSA) is 65.7 Å². The van der Waals surface area contributed by atoms with Crippen LogP contribution >= 0.6 is 0 Å². The highest BCUT2D eigenvalue weighted by atomic mass is 16.7. The SMILES string of the molecule is CCC(C)NC(CN)c1cc(OC)c2c(c1)OCO2. The van der Waals surface area contributed by atoms with Gasteiger partial charge in [-0.2, -0.15) is 0 Å². The van der Waals surface area contributed by atoms with Gasteiger partial charge in [0.05, 0.1) is 7.11 Å². The van der Waals surface area contributed by atoms with Crippen molar-refractivity contribution >= 4 is 0 Å². The fraction of sp³-hybridized carbons (Fsp3) is 0.571. The molecule has 0 aliphatic carbocycles. The summed E-state index contributed by atoms with van der Waals surface area (Å²) in [6.07, 6.45) is 1.05. The summed E-state index contributed by atoms with van der Waals surface area (Å²) >= 11 is 0. The fourth-order valence-electron chi connectivity index (χ4n) is 2.11. The van der Waals surface area contributed by atoms with Crippen LogP contribution in [0.25, 0.3) is 0 Å². The smallest absolute Gasteiger partial charge is 0.231 e. The number of fused-ring (bicyclic) bond motifs is 1. The standard InChI is InChI=1S/C14H22N2O3/c1-4-9(2)16-11(7-15)10-5-12(17-3)14-13(6-10)18-8-19-14/h5-6,9,11,16H,4,7-8,15H2,1-3H3. The molecular weight excluding hydrogens is 244 g/mol. The van der Waals surface area contributed by atoms with Gasteiger partial charge in [-0.1, -0.05) is 6.92 Å². The average molecular weight is 266 g/mol. The molecule has 0 aromatic heterocycles. The van der Waals surface area contributed by atoms with E-state index in [1.165, 1.54) is 0 Å². The molecule has 5 heteroatoms. The first kappa shape index (κ1) is 14.0. The largest absolute Gasteiger partial charge is 0.493 e. The summed E-state index contributed by atoms with van der Waals surface area (Å²) < 4.78 is 16.2. The Labute approximate surface area is 114 Å². The quantitative estimate of drug-likeness (QED) is 0.822. The first-order valence-electron chi connectivity index (χ1n) is 6.63. The van der Waals surface area contributed by atoms with Gasteiger partial charge >= 0.3 is 0 Å². The van der Waals surface area contributed by atoms with E-state index in [2.05, 4.69) is 19.2 Å². The van der Waals surface area contributed by atoms with Crippen molar-refractivity contribution in [1.82, 2.24) is 5.32 Å². The third-order valence-corrected chi connectivity index (χ3v) is 3.42. The molecule has 1 heterocycles. The van der Waals surface area contributed by atoms with Crippen molar-refractivity contribution in [2.45, 2.75) is 32.4 Å². The Morgan fingerprint density at radius 2 is 2.21 bits per heavy atom. The van der Waals surface area contributed by atoms with Crippen LogP contribution in [0.2, 0.25) is 0 Å². The molecule has 0 saturated heterocycles. The van der Waals surface area contributed by atoms with E-state index in [1.54, 1.807) is 7.11 Å². The second kappa shape index (κ2) is 6.12. The minimum Gasteiger partial charge on any atom is -0.493 e. The summed E-state index contributed by atoms with van der Waals surface area (Å²) in [5, 5.41) is 3.50. The molecule has 1 aromatic rings. The molecular formula is C14H22N2O3. The lowest BCUT2D eigenvalue weighted by Crippen LogP contribution is -2.34. The van der Waals surface area contributed by atoms with Crippen LogP contribution in [0, 0.1) is 0 Å². The maximum atomic E-state index is 5.87. The first-order valence-corrected chi connectivity index (χ1v) is 6.63. The summed E-state index contributed by atoms with van der Waals surface area (Å²) in [5.41, 5.74) is 6.93. The van der Waals surface area contributed by atoms with Gasteiger partial charge in [-0.05, 0) is 31.0 Å². The fourth-order valence-corrected chi connectivity index (χ4v) is 2.11. The van der Waals surface area contributed by atoms with Crippen LogP contribution in [0.3, 0.4) is 0 Å². The lowest BCUT2D eigenvalue weighted by atomic mass is 10.0. The Balaban J connectivity index is 2.28. The first-order chi connectivity index (χ1) is 9.19. The van der Waals surface area contributed by atoms with Crippen LogP contribution in [-0.2, 0) is 0 Å². The Morgan fingerprint density at radius 1 is 1.42 bits per heavy atom. The van der Waals surface area contributed by atoms with Gasteiger partial charge in [0.15, 0.2) is 11.5 Å². The van der Waals surface area contributed by atoms with Gasteiger partial charge in [0, 0.05) is 18.6 Å². The zero-order valence-corrected chi connectivity index (χ0v) is 11.7. The Kier molecular flexibility index (Phi) is 4.50. The molecule has 106 valence electrons. The van der Waals surface area contributed by atoms with Gasteiger partial charge in [0.1, 0.15) is 0 Å². The Morgan fingerprint density at radius 3 is 2.84 bits per heavy atom. The molecule has 2 unspecified atom stereocenters. The van der Waals surface area contributed by atoms with Crippen molar-refractivity contribution in [3.63, 3.8) is 0 Å². The molecule has 0 saturated carbocycles. The molecule has 5 nitrogen and oxygen atoms in total. The van der Waals surface area contributed by atoms with E-state index in [0.29, 0.717) is 24.1 Å². The highest BCUT2D eigenvalue weighted by molar-refractivity contribution is 5.55. The van der Waals surface area contributed by atoms with E-state index in [-0.39, 0.29) is 12.8 Å². The molecule has 0 fully saturated rings. The number of hydrogen-bond acceptors (Lipinski definition) is 5. The molecule has 19 heavy (non-hydrogen) atoms. The number of benzene rings is 1. The summed E-state index contributed by atoms with van der Waals surface area (Å²) in [7, 11) is 1.63. The number of nitrogens with two attached hydrogens (primary N) is 1. The predicted octanol–water partition coefficient (Wildman–Crippen LogP) is 1.81. The Hall–Kier alpha value is -1.46. The number of rotatable bonds is 6. The van der Waals surface area contributed by atoms with E-state index in [1.807, 2.05) is 12.1 Å². The van der Waals surface area contributed by atoms with E-state index in [0.717, 1.165) is 17.7 Å². The van der Waals surface area contributed by atoms with Crippen molar-refractivity contribution in [3.05, 3.63) is 17.7 Å². The van der Waals surface area contributed by atoms with Crippen LogP contribution < -0.4 is 25.3 Å². The molecule has 1 aromatic carbocycles. The lowest BCUT2D eigenvalue weighted by molar-refractivity contribution is 0.171. The summed E-state index contributed by atoms with van der Waals surface area (Å²) in [6, 6.07) is 4.42. The number of hydrogen-bond donors (Lipinski definition) is 2. The lowest BCUT2D eigenvalue weighted by Gasteiger charge is -2.22. The molecule has 2 rings (SSSR count). The van der Waals surface area contributed by atoms with Crippen LogP contribution in [0.5, 0.6) is 17.2 Å². The zero-order chi connectivity index (χ0) is 13.8. The van der Waals surface area contributed by atoms with E-state index < -0.39 is 0 Å². The third-order valence-electron chi connectivity index (χ3n) is 3.42. The van der Waals surface area contributed by atoms with Gasteiger partial charge in [-0.3, -0.25) is 0 Å². The second-order valence-electron chi connectivity index (χ2n) is 4.72. The normalized spacial score (nSPS) is 16.2. The monoisotopic (exact) mass is 266 g/mol. The molecule has 2 atom stereocenters. The number of nitrogens with one attached hydrogen (secondary N) is 1. The molecule has 3 N–H and O–H groups in total. The van der Waals surface area contributed by atoms with Gasteiger partial charge in [0.25, 0.3) is 0 Å². The predicted molar refractivity (Wildman–Crippen MR) is 73.8 cm³/mol. The van der Waals surface area contributed by atoms with Crippen LogP contribution in [0.1, 0.15) is 31.9 Å². The minimum absolute atomic E-state index is 0.0818. The molecule has 0 spiro atoms. The average Bonchev–Trinajstić information content (AvgIpc) is 2.91. The van der Waals surface area contributed by atoms with Crippen molar-refractivity contribution < 1.29 is 14.2 Å². The van der Waals surface area contributed by atoms with E-state index >= 15 is 0 Å². The number of methoxy groups -OCH3 is 1. The highest BCUT2D eigenvalue weighted by Gasteiger charge is 2.23. The summed E-state index contributed by atoms with van der Waals surface area (Å²) in [4.78, 5) is 0. The van der Waals surface area contributed by atoms with Crippen molar-refractivity contribution in [2.75, 3.05) is 20.4 Å². The van der Waals surface area contributed by atoms with Crippen LogP contribution in [0.4, 0.5) is 0 Å². The highest BCUT2D eigenvalue weighted by Crippen LogP contribution is 2.42.